The lowest BCUT2D eigenvalue weighted by molar-refractivity contribution is 0.766. The highest BCUT2D eigenvalue weighted by Crippen LogP contribution is 2.20. The molecular formula is C19H26N2. The van der Waals surface area contributed by atoms with Gasteiger partial charge in [0.05, 0.1) is 0 Å². The molecule has 0 aliphatic rings. The van der Waals surface area contributed by atoms with Gasteiger partial charge in [-0.2, -0.15) is 0 Å². The first kappa shape index (κ1) is 15.6. The van der Waals surface area contributed by atoms with Crippen molar-refractivity contribution in [3.8, 4) is 0 Å². The normalized spacial score (nSPS) is 10.7. The molecule has 0 saturated heterocycles. The molecule has 2 aromatic carbocycles. The number of benzene rings is 2. The van der Waals surface area contributed by atoms with Gasteiger partial charge in [0.15, 0.2) is 0 Å². The summed E-state index contributed by atoms with van der Waals surface area (Å²) in [6.07, 6.45) is 1.14. The second-order valence-electron chi connectivity index (χ2n) is 5.71. The molecule has 0 saturated carbocycles. The van der Waals surface area contributed by atoms with Crippen LogP contribution in [0.5, 0.6) is 0 Å². The number of nitrogens with zero attached hydrogens (tertiary/aromatic N) is 1. The summed E-state index contributed by atoms with van der Waals surface area (Å²) in [5.41, 5.74) is 12.2. The van der Waals surface area contributed by atoms with Gasteiger partial charge in [0, 0.05) is 25.3 Å². The van der Waals surface area contributed by atoms with Gasteiger partial charge in [-0.05, 0) is 54.7 Å². The number of hydrogen-bond donors (Lipinski definition) is 1. The van der Waals surface area contributed by atoms with E-state index in [0.29, 0.717) is 6.54 Å². The average molecular weight is 282 g/mol. The maximum absolute atomic E-state index is 5.68. The molecule has 21 heavy (non-hydrogen) atoms. The lowest BCUT2D eigenvalue weighted by Crippen LogP contribution is -2.23. The number of hydrogen-bond acceptors (Lipinski definition) is 2. The highest BCUT2D eigenvalue weighted by Gasteiger charge is 2.07. The van der Waals surface area contributed by atoms with Crippen LogP contribution in [0.1, 0.15) is 35.6 Å². The zero-order valence-electron chi connectivity index (χ0n) is 13.4. The molecule has 0 bridgehead atoms. The van der Waals surface area contributed by atoms with Crippen molar-refractivity contribution < 1.29 is 0 Å². The first-order valence-electron chi connectivity index (χ1n) is 7.74. The zero-order valence-corrected chi connectivity index (χ0v) is 13.4. The maximum atomic E-state index is 5.68. The van der Waals surface area contributed by atoms with E-state index in [0.717, 1.165) is 19.5 Å². The largest absolute Gasteiger partial charge is 0.367 e. The summed E-state index contributed by atoms with van der Waals surface area (Å²) in [4.78, 5) is 2.43. The van der Waals surface area contributed by atoms with Crippen molar-refractivity contribution in [1.29, 1.82) is 0 Å². The monoisotopic (exact) mass is 282 g/mol. The second kappa shape index (κ2) is 7.28. The summed E-state index contributed by atoms with van der Waals surface area (Å²) >= 11 is 0. The smallest absolute Gasteiger partial charge is 0.0429 e. The Morgan fingerprint density at radius 1 is 0.905 bits per heavy atom. The highest BCUT2D eigenvalue weighted by atomic mass is 15.1. The van der Waals surface area contributed by atoms with E-state index in [4.69, 9.17) is 5.73 Å². The van der Waals surface area contributed by atoms with Gasteiger partial charge >= 0.3 is 0 Å². The molecular weight excluding hydrogens is 256 g/mol. The predicted molar refractivity (Wildman–Crippen MR) is 91.6 cm³/mol. The third-order valence-electron chi connectivity index (χ3n) is 3.98. The van der Waals surface area contributed by atoms with Crippen molar-refractivity contribution in [3.63, 3.8) is 0 Å². The second-order valence-corrected chi connectivity index (χ2v) is 5.71. The molecule has 2 nitrogen and oxygen atoms in total. The van der Waals surface area contributed by atoms with Gasteiger partial charge < -0.3 is 10.6 Å². The van der Waals surface area contributed by atoms with Crippen LogP contribution in [0.25, 0.3) is 0 Å². The number of anilines is 1. The summed E-state index contributed by atoms with van der Waals surface area (Å²) < 4.78 is 0. The lowest BCUT2D eigenvalue weighted by Gasteiger charge is -2.25. The summed E-state index contributed by atoms with van der Waals surface area (Å²) in [6.45, 7) is 9.19. The van der Waals surface area contributed by atoms with E-state index < -0.39 is 0 Å². The van der Waals surface area contributed by atoms with E-state index in [2.05, 4.69) is 68.1 Å². The topological polar surface area (TPSA) is 29.3 Å². The van der Waals surface area contributed by atoms with Gasteiger partial charge in [-0.25, -0.2) is 0 Å². The Labute approximate surface area is 128 Å². The molecule has 0 amide bonds. The van der Waals surface area contributed by atoms with E-state index in [1.165, 1.54) is 27.9 Å². The molecule has 112 valence electrons. The van der Waals surface area contributed by atoms with Gasteiger partial charge in [0.2, 0.25) is 0 Å². The minimum Gasteiger partial charge on any atom is -0.367 e. The standard InChI is InChI=1S/C19H26N2/c1-4-11-21(19-9-7-17(13-20)8-10-19)14-18-6-5-15(2)16(3)12-18/h5-10,12H,4,11,13-14,20H2,1-3H3. The Kier molecular flexibility index (Phi) is 5.40. The molecule has 2 N–H and O–H groups in total. The fraction of sp³-hybridized carbons (Fsp3) is 0.368. The molecule has 0 aliphatic heterocycles. The van der Waals surface area contributed by atoms with E-state index in [1.807, 2.05) is 0 Å². The fourth-order valence-corrected chi connectivity index (χ4v) is 2.53. The summed E-state index contributed by atoms with van der Waals surface area (Å²) in [6, 6.07) is 15.4. The third-order valence-corrected chi connectivity index (χ3v) is 3.98. The van der Waals surface area contributed by atoms with E-state index in [1.54, 1.807) is 0 Å². The number of rotatable bonds is 6. The third kappa shape index (κ3) is 4.08. The van der Waals surface area contributed by atoms with Crippen molar-refractivity contribution in [2.24, 2.45) is 5.73 Å². The highest BCUT2D eigenvalue weighted by molar-refractivity contribution is 5.48. The van der Waals surface area contributed by atoms with E-state index in [9.17, 15) is 0 Å². The summed E-state index contributed by atoms with van der Waals surface area (Å²) in [5.74, 6) is 0. The Morgan fingerprint density at radius 3 is 2.14 bits per heavy atom. The number of aryl methyl sites for hydroxylation is 2. The quantitative estimate of drug-likeness (QED) is 0.861. The lowest BCUT2D eigenvalue weighted by atomic mass is 10.1. The van der Waals surface area contributed by atoms with Crippen molar-refractivity contribution >= 4 is 5.69 Å². The predicted octanol–water partition coefficient (Wildman–Crippen LogP) is 4.18. The SMILES string of the molecule is CCCN(Cc1ccc(C)c(C)c1)c1ccc(CN)cc1. The molecule has 0 unspecified atom stereocenters. The van der Waals surface area contributed by atoms with Gasteiger partial charge in [-0.1, -0.05) is 37.3 Å². The zero-order chi connectivity index (χ0) is 15.2. The molecule has 0 aliphatic carbocycles. The Hall–Kier alpha value is -1.80. The first-order chi connectivity index (χ1) is 10.1. The molecule has 0 radical (unpaired) electrons. The van der Waals surface area contributed by atoms with Crippen LogP contribution >= 0.6 is 0 Å². The molecule has 0 aromatic heterocycles. The minimum atomic E-state index is 0.602. The molecule has 0 spiro atoms. The van der Waals surface area contributed by atoms with Crippen molar-refractivity contribution in [2.45, 2.75) is 40.3 Å². The van der Waals surface area contributed by atoms with E-state index in [-0.39, 0.29) is 0 Å². The van der Waals surface area contributed by atoms with Crippen molar-refractivity contribution in [2.75, 3.05) is 11.4 Å². The minimum absolute atomic E-state index is 0.602. The van der Waals surface area contributed by atoms with Crippen LogP contribution in [0.2, 0.25) is 0 Å². The van der Waals surface area contributed by atoms with Crippen LogP contribution in [0.4, 0.5) is 5.69 Å². The van der Waals surface area contributed by atoms with Crippen LogP contribution in [0.15, 0.2) is 42.5 Å². The molecule has 2 aromatic rings. The van der Waals surface area contributed by atoms with Gasteiger partial charge in [-0.3, -0.25) is 0 Å². The van der Waals surface area contributed by atoms with Crippen LogP contribution in [0, 0.1) is 13.8 Å². The van der Waals surface area contributed by atoms with Crippen molar-refractivity contribution in [3.05, 3.63) is 64.7 Å². The molecule has 2 heteroatoms. The van der Waals surface area contributed by atoms with Gasteiger partial charge in [0.25, 0.3) is 0 Å². The molecule has 0 atom stereocenters. The van der Waals surface area contributed by atoms with E-state index >= 15 is 0 Å². The van der Waals surface area contributed by atoms with Gasteiger partial charge in [-0.15, -0.1) is 0 Å². The Bertz CT molecular complexity index is 573. The fourth-order valence-electron chi connectivity index (χ4n) is 2.53. The molecule has 0 fully saturated rings. The van der Waals surface area contributed by atoms with Crippen LogP contribution < -0.4 is 10.6 Å². The van der Waals surface area contributed by atoms with Gasteiger partial charge in [0.1, 0.15) is 0 Å². The van der Waals surface area contributed by atoms with Crippen LogP contribution in [-0.2, 0) is 13.1 Å². The Morgan fingerprint density at radius 2 is 1.57 bits per heavy atom. The summed E-state index contributed by atoms with van der Waals surface area (Å²) in [7, 11) is 0. The molecule has 0 heterocycles. The van der Waals surface area contributed by atoms with Crippen LogP contribution in [0.3, 0.4) is 0 Å². The van der Waals surface area contributed by atoms with Crippen LogP contribution in [-0.4, -0.2) is 6.54 Å². The van der Waals surface area contributed by atoms with Crippen molar-refractivity contribution in [1.82, 2.24) is 0 Å². The first-order valence-corrected chi connectivity index (χ1v) is 7.74. The number of nitrogens with two attached hydrogens (primary N) is 1. The summed E-state index contributed by atoms with van der Waals surface area (Å²) in [5, 5.41) is 0. The maximum Gasteiger partial charge on any atom is 0.0429 e. The Balaban J connectivity index is 2.19. The molecule has 2 rings (SSSR count). The average Bonchev–Trinajstić information content (AvgIpc) is 2.50.